The number of amides is 1. The minimum Gasteiger partial charge on any atom is -0.290 e. The predicted octanol–water partition coefficient (Wildman–Crippen LogP) is 1.64. The van der Waals surface area contributed by atoms with Gasteiger partial charge in [-0.1, -0.05) is 12.1 Å². The molecule has 0 aliphatic carbocycles. The van der Waals surface area contributed by atoms with Crippen LogP contribution in [0.4, 0.5) is 5.95 Å². The van der Waals surface area contributed by atoms with Crippen molar-refractivity contribution in [3.8, 4) is 6.07 Å². The summed E-state index contributed by atoms with van der Waals surface area (Å²) in [6.45, 7) is 1.75. The van der Waals surface area contributed by atoms with Crippen molar-refractivity contribution in [3.05, 3.63) is 47.3 Å². The number of aromatic amines is 1. The van der Waals surface area contributed by atoms with E-state index in [-0.39, 0.29) is 11.9 Å². The van der Waals surface area contributed by atoms with E-state index < -0.39 is 0 Å². The number of aromatic nitrogens is 3. The van der Waals surface area contributed by atoms with Crippen LogP contribution >= 0.6 is 0 Å². The van der Waals surface area contributed by atoms with Crippen LogP contribution in [-0.4, -0.2) is 21.1 Å². The lowest BCUT2D eigenvalue weighted by Crippen LogP contribution is -2.09. The Morgan fingerprint density at radius 3 is 2.74 bits per heavy atom. The Kier molecular flexibility index (Phi) is 3.69. The molecule has 0 fully saturated rings. The molecule has 2 N–H and O–H groups in total. The highest BCUT2D eigenvalue weighted by molar-refractivity contribution is 6.00. The van der Waals surface area contributed by atoms with Crippen LogP contribution in [-0.2, 0) is 4.79 Å². The number of nitrogens with zero attached hydrogens (tertiary/aromatic N) is 3. The highest BCUT2D eigenvalue weighted by atomic mass is 16.1. The largest absolute Gasteiger partial charge is 0.290 e. The molecule has 6 nitrogen and oxygen atoms in total. The number of nitrogens with one attached hydrogen (secondary N) is 2. The van der Waals surface area contributed by atoms with Gasteiger partial charge in [-0.3, -0.25) is 15.2 Å². The molecule has 1 aromatic heterocycles. The van der Waals surface area contributed by atoms with Crippen LogP contribution < -0.4 is 5.32 Å². The highest BCUT2D eigenvalue weighted by Crippen LogP contribution is 2.05. The van der Waals surface area contributed by atoms with Crippen molar-refractivity contribution in [2.45, 2.75) is 6.92 Å². The third kappa shape index (κ3) is 3.51. The van der Waals surface area contributed by atoms with Crippen molar-refractivity contribution in [1.82, 2.24) is 15.2 Å². The minimum absolute atomic E-state index is 0.243. The Morgan fingerprint density at radius 2 is 2.16 bits per heavy atom. The van der Waals surface area contributed by atoms with Crippen molar-refractivity contribution < 1.29 is 4.79 Å². The number of carbonyl (C=O) groups excluding carboxylic acids is 1. The van der Waals surface area contributed by atoms with Crippen molar-refractivity contribution in [2.75, 3.05) is 5.32 Å². The molecule has 2 aromatic rings. The van der Waals surface area contributed by atoms with Gasteiger partial charge in [0.2, 0.25) is 5.95 Å². The third-order valence-corrected chi connectivity index (χ3v) is 2.30. The van der Waals surface area contributed by atoms with Crippen LogP contribution in [0, 0.1) is 18.3 Å². The molecule has 0 spiro atoms. The summed E-state index contributed by atoms with van der Waals surface area (Å²) in [5.41, 5.74) is 1.41. The molecule has 6 heteroatoms. The van der Waals surface area contributed by atoms with Gasteiger partial charge in [0.05, 0.1) is 11.6 Å². The lowest BCUT2D eigenvalue weighted by Gasteiger charge is -1.95. The molecule has 0 atom stereocenters. The van der Waals surface area contributed by atoms with Gasteiger partial charge in [-0.05, 0) is 30.7 Å². The molecule has 2 rings (SSSR count). The van der Waals surface area contributed by atoms with Crippen LogP contribution in [0.25, 0.3) is 6.08 Å². The van der Waals surface area contributed by atoms with Gasteiger partial charge in [-0.15, -0.1) is 5.10 Å². The van der Waals surface area contributed by atoms with Crippen LogP contribution in [0.1, 0.15) is 17.0 Å². The molecular formula is C13H11N5O. The van der Waals surface area contributed by atoms with E-state index in [2.05, 4.69) is 20.5 Å². The second-order valence-corrected chi connectivity index (χ2v) is 3.80. The normalized spacial score (nSPS) is 10.3. The van der Waals surface area contributed by atoms with Crippen LogP contribution in [0.3, 0.4) is 0 Å². The van der Waals surface area contributed by atoms with Crippen molar-refractivity contribution >= 4 is 17.9 Å². The number of H-pyrrole nitrogens is 1. The van der Waals surface area contributed by atoms with Gasteiger partial charge in [0.1, 0.15) is 5.82 Å². The van der Waals surface area contributed by atoms with E-state index in [0.29, 0.717) is 11.4 Å². The Bertz CT molecular complexity index is 648. The summed E-state index contributed by atoms with van der Waals surface area (Å²) in [5, 5.41) is 17.6. The van der Waals surface area contributed by atoms with Gasteiger partial charge in [0.15, 0.2) is 0 Å². The summed E-state index contributed by atoms with van der Waals surface area (Å²) in [5.74, 6) is 0.557. The molecule has 0 saturated heterocycles. The second-order valence-electron chi connectivity index (χ2n) is 3.80. The Morgan fingerprint density at radius 1 is 1.42 bits per heavy atom. The van der Waals surface area contributed by atoms with Crippen molar-refractivity contribution in [3.63, 3.8) is 0 Å². The third-order valence-electron chi connectivity index (χ3n) is 2.30. The van der Waals surface area contributed by atoms with Gasteiger partial charge < -0.3 is 0 Å². The van der Waals surface area contributed by atoms with Gasteiger partial charge >= 0.3 is 0 Å². The lowest BCUT2D eigenvalue weighted by molar-refractivity contribution is -0.111. The average molecular weight is 253 g/mol. The van der Waals surface area contributed by atoms with Crippen LogP contribution in [0.5, 0.6) is 0 Å². The number of benzene rings is 1. The van der Waals surface area contributed by atoms with E-state index in [4.69, 9.17) is 5.26 Å². The predicted molar refractivity (Wildman–Crippen MR) is 69.9 cm³/mol. The Hall–Kier alpha value is -2.94. The fraction of sp³-hybridized carbons (Fsp3) is 0.0769. The molecule has 19 heavy (non-hydrogen) atoms. The number of hydrogen-bond acceptors (Lipinski definition) is 4. The monoisotopic (exact) mass is 253 g/mol. The van der Waals surface area contributed by atoms with Crippen molar-refractivity contribution in [2.24, 2.45) is 0 Å². The molecule has 0 unspecified atom stereocenters. The summed E-state index contributed by atoms with van der Waals surface area (Å²) in [6.07, 6.45) is 3.03. The fourth-order valence-corrected chi connectivity index (χ4v) is 1.39. The minimum atomic E-state index is -0.316. The average Bonchev–Trinajstić information content (AvgIpc) is 2.82. The van der Waals surface area contributed by atoms with Gasteiger partial charge in [0, 0.05) is 6.08 Å². The van der Waals surface area contributed by atoms with E-state index in [1.54, 1.807) is 37.3 Å². The van der Waals surface area contributed by atoms with Crippen LogP contribution in [0.15, 0.2) is 30.3 Å². The smallest absolute Gasteiger partial charge is 0.250 e. The van der Waals surface area contributed by atoms with E-state index in [1.807, 2.05) is 6.07 Å². The zero-order valence-electron chi connectivity index (χ0n) is 10.2. The topological polar surface area (TPSA) is 94.5 Å². The number of rotatable bonds is 3. The van der Waals surface area contributed by atoms with Crippen LogP contribution in [0.2, 0.25) is 0 Å². The van der Waals surface area contributed by atoms with E-state index in [9.17, 15) is 4.79 Å². The zero-order chi connectivity index (χ0) is 13.7. The summed E-state index contributed by atoms with van der Waals surface area (Å²) in [6, 6.07) is 8.94. The molecule has 0 radical (unpaired) electrons. The number of carbonyl (C=O) groups is 1. The second kappa shape index (κ2) is 5.60. The van der Waals surface area contributed by atoms with E-state index in [1.165, 1.54) is 6.08 Å². The van der Waals surface area contributed by atoms with Crippen molar-refractivity contribution in [1.29, 1.82) is 5.26 Å². The first-order valence-corrected chi connectivity index (χ1v) is 5.55. The maximum atomic E-state index is 11.6. The Labute approximate surface area is 109 Å². The molecule has 0 bridgehead atoms. The number of anilines is 1. The number of nitriles is 1. The molecule has 0 saturated carbocycles. The molecule has 1 aromatic carbocycles. The van der Waals surface area contributed by atoms with Gasteiger partial charge in [0.25, 0.3) is 5.91 Å². The van der Waals surface area contributed by atoms with E-state index in [0.717, 1.165) is 5.56 Å². The fourth-order valence-electron chi connectivity index (χ4n) is 1.39. The maximum absolute atomic E-state index is 11.6. The summed E-state index contributed by atoms with van der Waals surface area (Å²) in [7, 11) is 0. The first kappa shape index (κ1) is 12.5. The zero-order valence-corrected chi connectivity index (χ0v) is 10.2. The van der Waals surface area contributed by atoms with Gasteiger partial charge in [-0.25, -0.2) is 0 Å². The first-order chi connectivity index (χ1) is 9.17. The standard InChI is InChI=1S/C13H11N5O/c1-9-15-13(18-17-9)16-12(19)7-6-10-2-4-11(8-14)5-3-10/h2-7H,1H3,(H2,15,16,17,18,19)/b7-6+. The quantitative estimate of drug-likeness (QED) is 0.813. The SMILES string of the molecule is Cc1nc(NC(=O)/C=C/c2ccc(C#N)cc2)n[nH]1. The lowest BCUT2D eigenvalue weighted by atomic mass is 10.1. The number of hydrogen-bond donors (Lipinski definition) is 2. The molecule has 94 valence electrons. The molecule has 0 aliphatic heterocycles. The Balaban J connectivity index is 1.97. The first-order valence-electron chi connectivity index (χ1n) is 5.55. The number of aryl methyl sites for hydroxylation is 1. The maximum Gasteiger partial charge on any atom is 0.250 e. The molecule has 1 amide bonds. The highest BCUT2D eigenvalue weighted by Gasteiger charge is 2.02. The summed E-state index contributed by atoms with van der Waals surface area (Å²) < 4.78 is 0. The molecular weight excluding hydrogens is 242 g/mol. The molecule has 0 aliphatic rings. The summed E-state index contributed by atoms with van der Waals surface area (Å²) >= 11 is 0. The summed E-state index contributed by atoms with van der Waals surface area (Å²) in [4.78, 5) is 15.5. The molecule has 1 heterocycles. The van der Waals surface area contributed by atoms with E-state index >= 15 is 0 Å². The van der Waals surface area contributed by atoms with Gasteiger partial charge in [-0.2, -0.15) is 10.2 Å².